The zero-order valence-corrected chi connectivity index (χ0v) is 16.6. The van der Waals surface area contributed by atoms with Gasteiger partial charge in [0.25, 0.3) is 0 Å². The van der Waals surface area contributed by atoms with Crippen LogP contribution in [0.1, 0.15) is 24.0 Å². The zero-order chi connectivity index (χ0) is 19.1. The summed E-state index contributed by atoms with van der Waals surface area (Å²) in [6.45, 7) is 3.27. The highest BCUT2D eigenvalue weighted by Gasteiger charge is 2.29. The molecule has 1 saturated heterocycles. The van der Waals surface area contributed by atoms with Crippen LogP contribution in [0.5, 0.6) is 5.75 Å². The lowest BCUT2D eigenvalue weighted by molar-refractivity contribution is -0.130. The van der Waals surface area contributed by atoms with E-state index in [4.69, 9.17) is 14.5 Å². The summed E-state index contributed by atoms with van der Waals surface area (Å²) in [5, 5.41) is 3.97. The third-order valence-corrected chi connectivity index (χ3v) is 6.36. The first-order chi connectivity index (χ1) is 13.7. The highest BCUT2D eigenvalue weighted by Crippen LogP contribution is 2.42. The summed E-state index contributed by atoms with van der Waals surface area (Å²) < 4.78 is 12.9. The molecule has 2 atom stereocenters. The van der Waals surface area contributed by atoms with Crippen molar-refractivity contribution in [2.45, 2.75) is 38.4 Å². The monoisotopic (exact) mass is 394 g/mol. The van der Waals surface area contributed by atoms with Crippen molar-refractivity contribution in [3.63, 3.8) is 0 Å². The number of carbonyl (C=O) groups is 1. The van der Waals surface area contributed by atoms with Crippen LogP contribution in [-0.4, -0.2) is 36.3 Å². The number of aryl methyl sites for hydroxylation is 1. The molecule has 0 spiro atoms. The maximum Gasteiger partial charge on any atom is 0.249 e. The number of nitrogens with one attached hydrogen (secondary N) is 1. The molecule has 2 aliphatic rings. The molecule has 0 radical (unpaired) electrons. The molecule has 1 N–H and O–H groups in total. The largest absolute Gasteiger partial charge is 0.487 e. The number of nitrogens with zero attached hydrogens (tertiary/aromatic N) is 1. The van der Waals surface area contributed by atoms with Crippen molar-refractivity contribution in [1.82, 2.24) is 10.3 Å². The quantitative estimate of drug-likeness (QED) is 0.730. The van der Waals surface area contributed by atoms with Gasteiger partial charge in [-0.15, -0.1) is 11.3 Å². The number of para-hydroxylation sites is 1. The van der Waals surface area contributed by atoms with Gasteiger partial charge >= 0.3 is 0 Å². The van der Waals surface area contributed by atoms with Gasteiger partial charge in [0.05, 0.1) is 22.3 Å². The first kappa shape index (κ1) is 17.6. The van der Waals surface area contributed by atoms with Crippen LogP contribution in [0.15, 0.2) is 36.4 Å². The molecule has 3 heterocycles. The van der Waals surface area contributed by atoms with E-state index < -0.39 is 0 Å². The van der Waals surface area contributed by atoms with E-state index in [0.29, 0.717) is 13.2 Å². The number of aromatic nitrogens is 1. The summed E-state index contributed by atoms with van der Waals surface area (Å²) in [7, 11) is 0. The molecule has 1 aromatic heterocycles. The smallest absolute Gasteiger partial charge is 0.249 e. The standard InChI is InChI=1S/C22H22N2O3S/c1-13-9-14-11-15(12-23-21(25)18-6-4-8-26-18)27-20(14)16(10-13)22-24-17-5-2-3-7-19(17)28-22/h2-3,5,7,9-10,15,18H,4,6,8,11-12H2,1H3,(H,23,25)/t15-,18-/m1/s1. The Morgan fingerprint density at radius 3 is 3.04 bits per heavy atom. The second-order valence-electron chi connectivity index (χ2n) is 7.48. The average Bonchev–Trinajstić information content (AvgIpc) is 3.43. The van der Waals surface area contributed by atoms with Crippen LogP contribution in [0, 0.1) is 6.92 Å². The van der Waals surface area contributed by atoms with Crippen LogP contribution >= 0.6 is 11.3 Å². The normalized spacial score (nSPS) is 20.9. The van der Waals surface area contributed by atoms with Crippen LogP contribution < -0.4 is 10.1 Å². The number of rotatable bonds is 4. The minimum absolute atomic E-state index is 0.0281. The molecule has 5 nitrogen and oxygen atoms in total. The predicted octanol–water partition coefficient (Wildman–Crippen LogP) is 3.87. The lowest BCUT2D eigenvalue weighted by Gasteiger charge is -2.15. The molecule has 2 aromatic carbocycles. The third-order valence-electron chi connectivity index (χ3n) is 5.29. The minimum Gasteiger partial charge on any atom is -0.487 e. The van der Waals surface area contributed by atoms with E-state index >= 15 is 0 Å². The Hall–Kier alpha value is -2.44. The molecule has 0 saturated carbocycles. The SMILES string of the molecule is Cc1cc2c(c(-c3nc4ccccc4s3)c1)O[C@@H](CNC(=O)[C@H]1CCCO1)C2. The molecule has 144 valence electrons. The number of thiazole rings is 1. The van der Waals surface area contributed by atoms with Crippen molar-refractivity contribution >= 4 is 27.5 Å². The number of hydrogen-bond acceptors (Lipinski definition) is 5. The van der Waals surface area contributed by atoms with E-state index in [1.807, 2.05) is 18.2 Å². The highest BCUT2D eigenvalue weighted by molar-refractivity contribution is 7.21. The summed E-state index contributed by atoms with van der Waals surface area (Å²) >= 11 is 1.68. The van der Waals surface area contributed by atoms with E-state index in [1.54, 1.807) is 11.3 Å². The second-order valence-corrected chi connectivity index (χ2v) is 8.51. The fourth-order valence-corrected chi connectivity index (χ4v) is 4.94. The molecule has 3 aromatic rings. The van der Waals surface area contributed by atoms with Gasteiger partial charge in [0.15, 0.2) is 0 Å². The Kier molecular flexibility index (Phi) is 4.53. The van der Waals surface area contributed by atoms with Crippen LogP contribution in [-0.2, 0) is 16.0 Å². The van der Waals surface area contributed by atoms with E-state index in [-0.39, 0.29) is 18.1 Å². The molecule has 2 aliphatic heterocycles. The minimum atomic E-state index is -0.302. The first-order valence-corrected chi connectivity index (χ1v) is 10.5. The van der Waals surface area contributed by atoms with Crippen molar-refractivity contribution in [3.05, 3.63) is 47.5 Å². The maximum atomic E-state index is 12.2. The van der Waals surface area contributed by atoms with Gasteiger partial charge in [-0.25, -0.2) is 4.98 Å². The molecule has 1 fully saturated rings. The van der Waals surface area contributed by atoms with Crippen LogP contribution in [0.3, 0.4) is 0 Å². The molecular formula is C22H22N2O3S. The lowest BCUT2D eigenvalue weighted by atomic mass is 10.0. The van der Waals surface area contributed by atoms with Crippen molar-refractivity contribution < 1.29 is 14.3 Å². The second kappa shape index (κ2) is 7.18. The summed E-state index contributed by atoms with van der Waals surface area (Å²) in [6.07, 6.45) is 2.19. The van der Waals surface area contributed by atoms with Gasteiger partial charge in [-0.1, -0.05) is 18.2 Å². The van der Waals surface area contributed by atoms with Crippen molar-refractivity contribution in [1.29, 1.82) is 0 Å². The topological polar surface area (TPSA) is 60.5 Å². The summed E-state index contributed by atoms with van der Waals surface area (Å²) in [5.41, 5.74) is 4.44. The van der Waals surface area contributed by atoms with Gasteiger partial charge in [-0.3, -0.25) is 4.79 Å². The van der Waals surface area contributed by atoms with Crippen LogP contribution in [0.25, 0.3) is 20.8 Å². The molecule has 1 amide bonds. The van der Waals surface area contributed by atoms with Gasteiger partial charge in [-0.05, 0) is 49.1 Å². The van der Waals surface area contributed by atoms with E-state index in [9.17, 15) is 4.79 Å². The number of ether oxygens (including phenoxy) is 2. The van der Waals surface area contributed by atoms with Gasteiger partial charge < -0.3 is 14.8 Å². The van der Waals surface area contributed by atoms with E-state index in [1.165, 1.54) is 15.8 Å². The molecular weight excluding hydrogens is 372 g/mol. The Bertz CT molecular complexity index is 1010. The van der Waals surface area contributed by atoms with Gasteiger partial charge in [-0.2, -0.15) is 0 Å². The van der Waals surface area contributed by atoms with Crippen molar-refractivity contribution in [2.24, 2.45) is 0 Å². The number of amides is 1. The Labute approximate surface area is 167 Å². The molecule has 0 bridgehead atoms. The molecule has 0 unspecified atom stereocenters. The Balaban J connectivity index is 1.36. The zero-order valence-electron chi connectivity index (χ0n) is 15.7. The van der Waals surface area contributed by atoms with Gasteiger partial charge in [0, 0.05) is 13.0 Å². The molecule has 6 heteroatoms. The lowest BCUT2D eigenvalue weighted by Crippen LogP contribution is -2.40. The predicted molar refractivity (Wildman–Crippen MR) is 110 cm³/mol. The first-order valence-electron chi connectivity index (χ1n) is 9.73. The fourth-order valence-electron chi connectivity index (χ4n) is 3.97. The third kappa shape index (κ3) is 3.27. The van der Waals surface area contributed by atoms with Gasteiger partial charge in [0.2, 0.25) is 5.91 Å². The Morgan fingerprint density at radius 1 is 1.32 bits per heavy atom. The molecule has 0 aliphatic carbocycles. The van der Waals surface area contributed by atoms with Gasteiger partial charge in [0.1, 0.15) is 23.0 Å². The molecule has 28 heavy (non-hydrogen) atoms. The summed E-state index contributed by atoms with van der Waals surface area (Å²) in [4.78, 5) is 17.0. The summed E-state index contributed by atoms with van der Waals surface area (Å²) in [5.74, 6) is 0.876. The van der Waals surface area contributed by atoms with Crippen LogP contribution in [0.4, 0.5) is 0 Å². The van der Waals surface area contributed by atoms with E-state index in [0.717, 1.165) is 41.1 Å². The number of hydrogen-bond donors (Lipinski definition) is 1. The highest BCUT2D eigenvalue weighted by atomic mass is 32.1. The number of fused-ring (bicyclic) bond motifs is 2. The van der Waals surface area contributed by atoms with Crippen molar-refractivity contribution in [2.75, 3.05) is 13.2 Å². The maximum absolute atomic E-state index is 12.2. The average molecular weight is 394 g/mol. The molecule has 5 rings (SSSR count). The fraction of sp³-hybridized carbons (Fsp3) is 0.364. The Morgan fingerprint density at radius 2 is 2.21 bits per heavy atom. The summed E-state index contributed by atoms with van der Waals surface area (Å²) in [6, 6.07) is 12.5. The van der Waals surface area contributed by atoms with E-state index in [2.05, 4.69) is 30.4 Å². The number of carbonyl (C=O) groups excluding carboxylic acids is 1. The van der Waals surface area contributed by atoms with Crippen molar-refractivity contribution in [3.8, 4) is 16.3 Å². The number of benzene rings is 2. The van der Waals surface area contributed by atoms with Crippen LogP contribution in [0.2, 0.25) is 0 Å².